The van der Waals surface area contributed by atoms with E-state index in [4.69, 9.17) is 5.73 Å². The van der Waals surface area contributed by atoms with E-state index < -0.39 is 47.9 Å². The minimum absolute atomic E-state index is 0.00770. The van der Waals surface area contributed by atoms with Crippen molar-refractivity contribution in [1.29, 1.82) is 0 Å². The minimum atomic E-state index is -1.24. The summed E-state index contributed by atoms with van der Waals surface area (Å²) in [6, 6.07) is 1.86. The first-order chi connectivity index (χ1) is 15.0. The van der Waals surface area contributed by atoms with E-state index in [0.717, 1.165) is 0 Å². The van der Waals surface area contributed by atoms with Gasteiger partial charge in [-0.15, -0.1) is 0 Å². The highest BCUT2D eigenvalue weighted by Crippen LogP contribution is 2.13. The largest absolute Gasteiger partial charge is 0.508 e. The summed E-state index contributed by atoms with van der Waals surface area (Å²) in [4.78, 5) is 49.1. The van der Waals surface area contributed by atoms with Gasteiger partial charge in [0.1, 0.15) is 23.9 Å². The van der Waals surface area contributed by atoms with Crippen molar-refractivity contribution in [3.63, 3.8) is 0 Å². The van der Waals surface area contributed by atoms with E-state index in [2.05, 4.69) is 28.6 Å². The number of benzene rings is 1. The lowest BCUT2D eigenvalue weighted by Crippen LogP contribution is -2.59. The molecule has 178 valence electrons. The number of carbonyl (C=O) groups excluding carboxylic acids is 3. The second-order valence-electron chi connectivity index (χ2n) is 7.67. The average molecular weight is 469 g/mol. The number of aliphatic carboxylic acids is 1. The maximum absolute atomic E-state index is 12.9. The highest BCUT2D eigenvalue weighted by molar-refractivity contribution is 7.80. The molecule has 0 aliphatic carbocycles. The number of hydrogen-bond donors (Lipinski definition) is 7. The van der Waals surface area contributed by atoms with Gasteiger partial charge in [-0.1, -0.05) is 32.4 Å². The predicted octanol–water partition coefficient (Wildman–Crippen LogP) is -0.203. The molecule has 0 spiro atoms. The number of aromatic hydroxyl groups is 1. The zero-order valence-electron chi connectivity index (χ0n) is 18.4. The standard InChI is InChI=1S/C21H32N4O6S/c1-4-11(2)17(25-19(28)16(10-32)24-18(27)12(3)22)20(29)23-15(21(30)31)9-13-5-7-14(26)8-6-13/h5-8,11-12,15-17,26,32H,4,9-10,22H2,1-3H3,(H,23,29)(H,24,27)(H,25,28)(H,30,31). The second-order valence-corrected chi connectivity index (χ2v) is 8.04. The molecule has 1 aromatic rings. The maximum atomic E-state index is 12.9. The zero-order valence-corrected chi connectivity index (χ0v) is 19.3. The SMILES string of the molecule is CCC(C)C(NC(=O)C(CS)NC(=O)C(C)N)C(=O)NC(Cc1ccc(O)cc1)C(=O)O. The minimum Gasteiger partial charge on any atom is -0.508 e. The van der Waals surface area contributed by atoms with Gasteiger partial charge in [0.15, 0.2) is 0 Å². The summed E-state index contributed by atoms with van der Waals surface area (Å²) in [6.45, 7) is 5.05. The first kappa shape index (κ1) is 27.2. The van der Waals surface area contributed by atoms with Crippen molar-refractivity contribution in [1.82, 2.24) is 16.0 Å². The van der Waals surface area contributed by atoms with Crippen LogP contribution in [0.2, 0.25) is 0 Å². The molecule has 0 saturated heterocycles. The number of phenols is 1. The third kappa shape index (κ3) is 8.39. The number of nitrogens with two attached hydrogens (primary N) is 1. The van der Waals surface area contributed by atoms with Crippen LogP contribution in [0.25, 0.3) is 0 Å². The summed E-state index contributed by atoms with van der Waals surface area (Å²) in [6.07, 6.45) is 0.526. The molecule has 0 aliphatic rings. The molecule has 3 amide bonds. The van der Waals surface area contributed by atoms with Gasteiger partial charge in [0.05, 0.1) is 6.04 Å². The normalized spacial score (nSPS) is 15.5. The molecule has 5 atom stereocenters. The Morgan fingerprint density at radius 3 is 2.00 bits per heavy atom. The van der Waals surface area contributed by atoms with Crippen LogP contribution >= 0.6 is 12.6 Å². The number of rotatable bonds is 12. The smallest absolute Gasteiger partial charge is 0.326 e. The van der Waals surface area contributed by atoms with Gasteiger partial charge in [-0.2, -0.15) is 12.6 Å². The van der Waals surface area contributed by atoms with Gasteiger partial charge >= 0.3 is 5.97 Å². The monoisotopic (exact) mass is 468 g/mol. The Bertz CT molecular complexity index is 802. The predicted molar refractivity (Wildman–Crippen MR) is 122 cm³/mol. The quantitative estimate of drug-likeness (QED) is 0.208. The molecule has 5 unspecified atom stereocenters. The summed E-state index contributed by atoms with van der Waals surface area (Å²) >= 11 is 4.08. The van der Waals surface area contributed by atoms with Crippen molar-refractivity contribution < 1.29 is 29.4 Å². The Kier molecular flexibility index (Phi) is 11.0. The summed E-state index contributed by atoms with van der Waals surface area (Å²) in [5, 5.41) is 26.5. The molecule has 32 heavy (non-hydrogen) atoms. The lowest BCUT2D eigenvalue weighted by Gasteiger charge is -2.27. The van der Waals surface area contributed by atoms with E-state index in [9.17, 15) is 29.4 Å². The Morgan fingerprint density at radius 1 is 0.969 bits per heavy atom. The molecule has 0 aliphatic heterocycles. The van der Waals surface area contributed by atoms with Crippen LogP contribution in [0.1, 0.15) is 32.8 Å². The summed E-state index contributed by atoms with van der Waals surface area (Å²) < 4.78 is 0. The molecule has 0 radical (unpaired) electrons. The van der Waals surface area contributed by atoms with Crippen LogP contribution in [0.4, 0.5) is 0 Å². The molecular formula is C21H32N4O6S. The molecule has 1 aromatic carbocycles. The summed E-state index contributed by atoms with van der Waals surface area (Å²) in [5.74, 6) is -3.35. The van der Waals surface area contributed by atoms with Crippen molar-refractivity contribution in [2.45, 2.75) is 57.8 Å². The topological polar surface area (TPSA) is 171 Å². The molecule has 7 N–H and O–H groups in total. The molecule has 0 heterocycles. The van der Waals surface area contributed by atoms with E-state index in [1.165, 1.54) is 19.1 Å². The van der Waals surface area contributed by atoms with Gasteiger partial charge in [0.25, 0.3) is 0 Å². The van der Waals surface area contributed by atoms with Crippen LogP contribution in [-0.2, 0) is 25.6 Å². The van der Waals surface area contributed by atoms with Crippen molar-refractivity contribution in [3.05, 3.63) is 29.8 Å². The van der Waals surface area contributed by atoms with Crippen LogP contribution in [0, 0.1) is 5.92 Å². The number of hydrogen-bond acceptors (Lipinski definition) is 7. The van der Waals surface area contributed by atoms with Gasteiger partial charge in [0.2, 0.25) is 17.7 Å². The lowest BCUT2D eigenvalue weighted by atomic mass is 9.97. The number of amides is 3. The highest BCUT2D eigenvalue weighted by Gasteiger charge is 2.32. The molecule has 11 heteroatoms. The van der Waals surface area contributed by atoms with Crippen molar-refractivity contribution in [3.8, 4) is 5.75 Å². The first-order valence-electron chi connectivity index (χ1n) is 10.3. The van der Waals surface area contributed by atoms with E-state index in [0.29, 0.717) is 12.0 Å². The molecule has 10 nitrogen and oxygen atoms in total. The third-order valence-corrected chi connectivity index (χ3v) is 5.38. The van der Waals surface area contributed by atoms with Crippen LogP contribution < -0.4 is 21.7 Å². The Morgan fingerprint density at radius 2 is 1.53 bits per heavy atom. The molecular weight excluding hydrogens is 436 g/mol. The van der Waals surface area contributed by atoms with Crippen LogP contribution in [0.3, 0.4) is 0 Å². The van der Waals surface area contributed by atoms with Gasteiger partial charge in [-0.3, -0.25) is 14.4 Å². The Labute approximate surface area is 192 Å². The average Bonchev–Trinajstić information content (AvgIpc) is 2.75. The number of nitrogens with one attached hydrogen (secondary N) is 3. The number of thiol groups is 1. The lowest BCUT2D eigenvalue weighted by molar-refractivity contribution is -0.142. The number of carbonyl (C=O) groups is 4. The second kappa shape index (κ2) is 12.9. The van der Waals surface area contributed by atoms with Crippen LogP contribution in [0.5, 0.6) is 5.75 Å². The van der Waals surface area contributed by atoms with Crippen molar-refractivity contribution in [2.75, 3.05) is 5.75 Å². The summed E-state index contributed by atoms with van der Waals surface area (Å²) in [7, 11) is 0. The van der Waals surface area contributed by atoms with Gasteiger partial charge in [-0.25, -0.2) is 4.79 Å². The molecule has 0 bridgehead atoms. The zero-order chi connectivity index (χ0) is 24.4. The first-order valence-corrected chi connectivity index (χ1v) is 10.9. The van der Waals surface area contributed by atoms with Crippen molar-refractivity contribution in [2.24, 2.45) is 11.7 Å². The highest BCUT2D eigenvalue weighted by atomic mass is 32.1. The fourth-order valence-electron chi connectivity index (χ4n) is 2.78. The van der Waals surface area contributed by atoms with Gasteiger partial charge in [-0.05, 0) is 30.5 Å². The fraction of sp³-hybridized carbons (Fsp3) is 0.524. The van der Waals surface area contributed by atoms with Gasteiger partial charge < -0.3 is 31.9 Å². The van der Waals surface area contributed by atoms with E-state index >= 15 is 0 Å². The van der Waals surface area contributed by atoms with E-state index in [1.807, 2.05) is 6.92 Å². The van der Waals surface area contributed by atoms with E-state index in [1.54, 1.807) is 19.1 Å². The number of phenolic OH excluding ortho intramolecular Hbond substituents is 1. The Balaban J connectivity index is 2.95. The third-order valence-electron chi connectivity index (χ3n) is 5.01. The van der Waals surface area contributed by atoms with Crippen LogP contribution in [-0.4, -0.2) is 63.8 Å². The molecule has 1 rings (SSSR count). The Hall–Kier alpha value is -2.79. The number of carboxylic acids is 1. The molecule has 0 saturated carbocycles. The fourth-order valence-corrected chi connectivity index (χ4v) is 3.04. The van der Waals surface area contributed by atoms with Crippen LogP contribution in [0.15, 0.2) is 24.3 Å². The van der Waals surface area contributed by atoms with Crippen molar-refractivity contribution >= 4 is 36.3 Å². The molecule has 0 fully saturated rings. The summed E-state index contributed by atoms with van der Waals surface area (Å²) in [5.41, 5.74) is 6.12. The molecule has 0 aromatic heterocycles. The number of carboxylic acid groups (broad SMARTS) is 1. The maximum Gasteiger partial charge on any atom is 0.326 e. The van der Waals surface area contributed by atoms with E-state index in [-0.39, 0.29) is 23.8 Å². The van der Waals surface area contributed by atoms with Gasteiger partial charge in [0, 0.05) is 12.2 Å².